The van der Waals surface area contributed by atoms with Gasteiger partial charge in [-0.3, -0.25) is 0 Å². The third kappa shape index (κ3) is 5.94. The Morgan fingerprint density at radius 2 is 2.27 bits per heavy atom. The van der Waals surface area contributed by atoms with Gasteiger partial charge in [-0.25, -0.2) is 0 Å². The molecular weight excluding hydrogens is 136 g/mol. The van der Waals surface area contributed by atoms with Crippen molar-refractivity contribution in [1.82, 2.24) is 0 Å². The lowest BCUT2D eigenvalue weighted by molar-refractivity contribution is 0.0950. The van der Waals surface area contributed by atoms with Crippen molar-refractivity contribution in [2.45, 2.75) is 38.2 Å². The van der Waals surface area contributed by atoms with E-state index >= 15 is 0 Å². The van der Waals surface area contributed by atoms with E-state index in [0.29, 0.717) is 6.10 Å². The van der Waals surface area contributed by atoms with Crippen LogP contribution in [0.2, 0.25) is 0 Å². The molecule has 0 spiro atoms. The van der Waals surface area contributed by atoms with Crippen LogP contribution in [0.5, 0.6) is 0 Å². The Bertz CT molecular complexity index is 109. The van der Waals surface area contributed by atoms with Gasteiger partial charge in [0.05, 0.1) is 6.10 Å². The zero-order chi connectivity index (χ0) is 8.53. The van der Waals surface area contributed by atoms with E-state index in [1.54, 1.807) is 7.11 Å². The zero-order valence-electron chi connectivity index (χ0n) is 7.31. The normalized spacial score (nSPS) is 12.5. The summed E-state index contributed by atoms with van der Waals surface area (Å²) >= 11 is 0. The lowest BCUT2D eigenvalue weighted by atomic mass is 10.1. The molecule has 0 aliphatic rings. The van der Waals surface area contributed by atoms with Crippen LogP contribution in [0.25, 0.3) is 0 Å². The van der Waals surface area contributed by atoms with Gasteiger partial charge in [0.25, 0.3) is 0 Å². The molecule has 0 rings (SSSR count). The highest BCUT2D eigenvalue weighted by Crippen LogP contribution is 2.08. The van der Waals surface area contributed by atoms with Gasteiger partial charge in [0, 0.05) is 13.5 Å². The van der Waals surface area contributed by atoms with Crippen molar-refractivity contribution >= 4 is 0 Å². The first-order chi connectivity index (χ1) is 5.35. The minimum absolute atomic E-state index is 0.327. The highest BCUT2D eigenvalue weighted by molar-refractivity contribution is 4.82. The number of rotatable bonds is 6. The Labute approximate surface area is 70.1 Å². The summed E-state index contributed by atoms with van der Waals surface area (Å²) in [4.78, 5) is 0. The summed E-state index contributed by atoms with van der Waals surface area (Å²) in [5.74, 6) is 2.62. The van der Waals surface area contributed by atoms with Crippen LogP contribution in [-0.2, 0) is 4.74 Å². The lowest BCUT2D eigenvalue weighted by Crippen LogP contribution is -2.08. The maximum Gasteiger partial charge on any atom is 0.0571 e. The quantitative estimate of drug-likeness (QED) is 0.420. The van der Waals surface area contributed by atoms with E-state index in [9.17, 15) is 0 Å². The summed E-state index contributed by atoms with van der Waals surface area (Å²) < 4.78 is 5.17. The highest BCUT2D eigenvalue weighted by Gasteiger charge is 2.01. The minimum Gasteiger partial charge on any atom is -0.381 e. The molecule has 0 N–H and O–H groups in total. The van der Waals surface area contributed by atoms with Gasteiger partial charge in [0.15, 0.2) is 0 Å². The Morgan fingerprint density at radius 3 is 2.73 bits per heavy atom. The third-order valence-corrected chi connectivity index (χ3v) is 1.75. The molecule has 0 aliphatic carbocycles. The summed E-state index contributed by atoms with van der Waals surface area (Å²) in [5, 5.41) is 0. The third-order valence-electron chi connectivity index (χ3n) is 1.75. The van der Waals surface area contributed by atoms with Crippen LogP contribution >= 0.6 is 0 Å². The Balaban J connectivity index is 3.16. The fourth-order valence-electron chi connectivity index (χ4n) is 0.979. The minimum atomic E-state index is 0.327. The van der Waals surface area contributed by atoms with E-state index in [4.69, 9.17) is 11.2 Å². The first-order valence-corrected chi connectivity index (χ1v) is 4.10. The van der Waals surface area contributed by atoms with Crippen LogP contribution in [0.15, 0.2) is 0 Å². The molecule has 0 aromatic carbocycles. The Hall–Kier alpha value is -0.480. The van der Waals surface area contributed by atoms with Crippen LogP contribution in [0.3, 0.4) is 0 Å². The number of terminal acetylenes is 1. The maximum atomic E-state index is 5.17. The van der Waals surface area contributed by atoms with E-state index in [-0.39, 0.29) is 0 Å². The average molecular weight is 153 g/mol. The molecule has 0 saturated heterocycles. The Morgan fingerprint density at radius 1 is 1.55 bits per heavy atom. The Kier molecular flexibility index (Phi) is 7.29. The molecule has 1 radical (unpaired) electrons. The number of hydrogen-bond acceptors (Lipinski definition) is 1. The van der Waals surface area contributed by atoms with Crippen LogP contribution in [0, 0.1) is 19.3 Å². The number of ether oxygens (including phenoxy) is 1. The van der Waals surface area contributed by atoms with E-state index < -0.39 is 0 Å². The first-order valence-electron chi connectivity index (χ1n) is 4.10. The predicted molar refractivity (Wildman–Crippen MR) is 48.1 cm³/mol. The molecular formula is C10H17O. The van der Waals surface area contributed by atoms with Gasteiger partial charge >= 0.3 is 0 Å². The van der Waals surface area contributed by atoms with Crippen LogP contribution < -0.4 is 0 Å². The van der Waals surface area contributed by atoms with Crippen molar-refractivity contribution < 1.29 is 4.74 Å². The molecule has 1 atom stereocenters. The molecule has 1 heteroatoms. The molecule has 1 nitrogen and oxygen atoms in total. The molecule has 0 bridgehead atoms. The van der Waals surface area contributed by atoms with Crippen LogP contribution in [0.4, 0.5) is 0 Å². The highest BCUT2D eigenvalue weighted by atomic mass is 16.5. The molecule has 0 fully saturated rings. The molecule has 0 aromatic rings. The lowest BCUT2D eigenvalue weighted by Gasteiger charge is -2.11. The van der Waals surface area contributed by atoms with Crippen molar-refractivity contribution in [2.24, 2.45) is 0 Å². The zero-order valence-corrected chi connectivity index (χ0v) is 7.31. The summed E-state index contributed by atoms with van der Waals surface area (Å²) in [6, 6.07) is 0. The van der Waals surface area contributed by atoms with Crippen molar-refractivity contribution in [2.75, 3.05) is 7.11 Å². The largest absolute Gasteiger partial charge is 0.381 e. The number of methoxy groups -OCH3 is 1. The van der Waals surface area contributed by atoms with Gasteiger partial charge < -0.3 is 4.74 Å². The summed E-state index contributed by atoms with van der Waals surface area (Å²) in [6.45, 7) is 3.79. The number of unbranched alkanes of at least 4 members (excludes halogenated alkanes) is 2. The molecule has 0 amide bonds. The summed E-state index contributed by atoms with van der Waals surface area (Å²) in [6.07, 6.45) is 10.5. The van der Waals surface area contributed by atoms with E-state index in [1.807, 2.05) is 0 Å². The van der Waals surface area contributed by atoms with E-state index in [1.165, 1.54) is 0 Å². The van der Waals surface area contributed by atoms with Crippen molar-refractivity contribution in [3.63, 3.8) is 0 Å². The average Bonchev–Trinajstić information content (AvgIpc) is 2.05. The molecule has 63 valence electrons. The summed E-state index contributed by atoms with van der Waals surface area (Å²) in [5.41, 5.74) is 0. The smallest absolute Gasteiger partial charge is 0.0571 e. The molecule has 0 heterocycles. The van der Waals surface area contributed by atoms with E-state index in [0.717, 1.165) is 32.1 Å². The fourth-order valence-corrected chi connectivity index (χ4v) is 0.979. The predicted octanol–water partition coefficient (Wildman–Crippen LogP) is 2.42. The number of hydrogen-bond donors (Lipinski definition) is 0. The molecule has 0 aromatic heterocycles. The van der Waals surface area contributed by atoms with Gasteiger partial charge in [-0.05, 0) is 25.7 Å². The second kappa shape index (κ2) is 7.63. The second-order valence-electron chi connectivity index (χ2n) is 2.60. The fraction of sp³-hybridized carbons (Fsp3) is 0.700. The molecule has 0 saturated carbocycles. The van der Waals surface area contributed by atoms with Gasteiger partial charge in [-0.1, -0.05) is 6.92 Å². The van der Waals surface area contributed by atoms with Crippen molar-refractivity contribution in [1.29, 1.82) is 0 Å². The SMILES string of the molecule is C#CCCCCC(C[CH2])OC. The van der Waals surface area contributed by atoms with Gasteiger partial charge in [-0.15, -0.1) is 12.3 Å². The van der Waals surface area contributed by atoms with E-state index in [2.05, 4.69) is 12.8 Å². The van der Waals surface area contributed by atoms with Gasteiger partial charge in [0.1, 0.15) is 0 Å². The molecule has 11 heavy (non-hydrogen) atoms. The monoisotopic (exact) mass is 153 g/mol. The first kappa shape index (κ1) is 10.5. The van der Waals surface area contributed by atoms with Gasteiger partial charge in [-0.2, -0.15) is 0 Å². The van der Waals surface area contributed by atoms with Crippen LogP contribution in [0.1, 0.15) is 32.1 Å². The standard InChI is InChI=1S/C10H17O/c1-4-6-7-8-9-10(5-2)11-3/h1,10H,2,5-9H2,3H3. The topological polar surface area (TPSA) is 9.23 Å². The molecule has 1 unspecified atom stereocenters. The van der Waals surface area contributed by atoms with Crippen molar-refractivity contribution in [3.05, 3.63) is 6.92 Å². The maximum absolute atomic E-state index is 5.17. The van der Waals surface area contributed by atoms with Crippen LogP contribution in [-0.4, -0.2) is 13.2 Å². The second-order valence-corrected chi connectivity index (χ2v) is 2.60. The van der Waals surface area contributed by atoms with Gasteiger partial charge in [0.2, 0.25) is 0 Å². The summed E-state index contributed by atoms with van der Waals surface area (Å²) in [7, 11) is 1.73. The molecule has 0 aliphatic heterocycles. The van der Waals surface area contributed by atoms with Crippen molar-refractivity contribution in [3.8, 4) is 12.3 Å².